The lowest BCUT2D eigenvalue weighted by atomic mass is 10.0. The van der Waals surface area contributed by atoms with E-state index in [9.17, 15) is 0 Å². The van der Waals surface area contributed by atoms with Gasteiger partial charge in [-0.25, -0.2) is 0 Å². The molecule has 7 atom stereocenters. The molecule has 212 valence electrons. The first-order valence-corrected chi connectivity index (χ1v) is 13.9. The van der Waals surface area contributed by atoms with Crippen LogP contribution in [0, 0.1) is 0 Å². The maximum Gasteiger partial charge on any atom is 0.0939 e. The standard InChI is InChI=1S/C27H53N3O6/c1-20(2)29-12-23(35-26(15-29)18-32-6)11-22(4)30-13-24(36-27(16-30)19-33-7)10-21(3)28-8-9-34-25(14-28)17-31-5/h20-27H,8-19H2,1-7H3/t21?,22?,23?,24?,25-,26?,27+/m1/s1. The molecule has 0 amide bonds. The fraction of sp³-hybridized carbons (Fsp3) is 1.00. The Balaban J connectivity index is 1.58. The van der Waals surface area contributed by atoms with Crippen molar-refractivity contribution in [2.75, 3.05) is 87.0 Å². The summed E-state index contributed by atoms with van der Waals surface area (Å²) in [5, 5.41) is 0. The third-order valence-corrected chi connectivity index (χ3v) is 7.94. The van der Waals surface area contributed by atoms with Gasteiger partial charge in [-0.3, -0.25) is 14.7 Å². The second-order valence-electron chi connectivity index (χ2n) is 11.3. The van der Waals surface area contributed by atoms with Gasteiger partial charge in [0.15, 0.2) is 0 Å². The Morgan fingerprint density at radius 3 is 1.61 bits per heavy atom. The van der Waals surface area contributed by atoms with E-state index in [0.29, 0.717) is 37.9 Å². The zero-order valence-corrected chi connectivity index (χ0v) is 23.9. The fourth-order valence-corrected chi connectivity index (χ4v) is 6.00. The van der Waals surface area contributed by atoms with Crippen molar-refractivity contribution in [1.82, 2.24) is 14.7 Å². The molecule has 3 rings (SSSR count). The molecular weight excluding hydrogens is 462 g/mol. The third-order valence-electron chi connectivity index (χ3n) is 7.94. The van der Waals surface area contributed by atoms with E-state index in [1.54, 1.807) is 21.3 Å². The van der Waals surface area contributed by atoms with Crippen molar-refractivity contribution < 1.29 is 28.4 Å². The minimum absolute atomic E-state index is 0.0926. The second kappa shape index (κ2) is 15.3. The van der Waals surface area contributed by atoms with Crippen molar-refractivity contribution in [2.24, 2.45) is 0 Å². The number of ether oxygens (including phenoxy) is 6. The second-order valence-corrected chi connectivity index (χ2v) is 11.3. The highest BCUT2D eigenvalue weighted by Crippen LogP contribution is 2.25. The lowest BCUT2D eigenvalue weighted by Gasteiger charge is -2.45. The smallest absolute Gasteiger partial charge is 0.0939 e. The molecule has 36 heavy (non-hydrogen) atoms. The van der Waals surface area contributed by atoms with Gasteiger partial charge in [-0.15, -0.1) is 0 Å². The first kappa shape index (κ1) is 30.2. The Labute approximate surface area is 219 Å². The highest BCUT2D eigenvalue weighted by molar-refractivity contribution is 4.88. The van der Waals surface area contributed by atoms with Crippen LogP contribution in [0.4, 0.5) is 0 Å². The number of rotatable bonds is 13. The van der Waals surface area contributed by atoms with Crippen molar-refractivity contribution in [2.45, 2.75) is 89.2 Å². The molecule has 3 aliphatic rings. The Kier molecular flexibility index (Phi) is 12.8. The van der Waals surface area contributed by atoms with Crippen LogP contribution < -0.4 is 0 Å². The number of hydrogen-bond acceptors (Lipinski definition) is 9. The molecular formula is C27H53N3O6. The van der Waals surface area contributed by atoms with E-state index in [-0.39, 0.29) is 30.5 Å². The van der Waals surface area contributed by atoms with Gasteiger partial charge in [0.25, 0.3) is 0 Å². The summed E-state index contributed by atoms with van der Waals surface area (Å²) in [4.78, 5) is 7.65. The van der Waals surface area contributed by atoms with Crippen molar-refractivity contribution in [3.63, 3.8) is 0 Å². The first-order valence-electron chi connectivity index (χ1n) is 13.9. The van der Waals surface area contributed by atoms with Crippen molar-refractivity contribution in [3.05, 3.63) is 0 Å². The summed E-state index contributed by atoms with van der Waals surface area (Å²) < 4.78 is 35.1. The molecule has 0 radical (unpaired) electrons. The van der Waals surface area contributed by atoms with Crippen LogP contribution in [-0.2, 0) is 28.4 Å². The van der Waals surface area contributed by atoms with E-state index >= 15 is 0 Å². The summed E-state index contributed by atoms with van der Waals surface area (Å²) in [6.45, 7) is 17.5. The Morgan fingerprint density at radius 1 is 0.611 bits per heavy atom. The van der Waals surface area contributed by atoms with Gasteiger partial charge >= 0.3 is 0 Å². The molecule has 9 heteroatoms. The predicted octanol–water partition coefficient (Wildman–Crippen LogP) is 1.73. The van der Waals surface area contributed by atoms with E-state index in [1.165, 1.54) is 0 Å². The molecule has 0 aromatic heterocycles. The van der Waals surface area contributed by atoms with Gasteiger partial charge in [-0.2, -0.15) is 0 Å². The molecule has 0 saturated carbocycles. The van der Waals surface area contributed by atoms with Crippen LogP contribution in [0.5, 0.6) is 0 Å². The van der Waals surface area contributed by atoms with E-state index < -0.39 is 0 Å². The van der Waals surface area contributed by atoms with Crippen molar-refractivity contribution in [3.8, 4) is 0 Å². The largest absolute Gasteiger partial charge is 0.382 e. The maximum absolute atomic E-state index is 6.53. The van der Waals surface area contributed by atoms with E-state index in [4.69, 9.17) is 28.4 Å². The molecule has 0 bridgehead atoms. The SMILES string of the molecule is COCC1CN(C(C)C)CC(CC(C)N2CC(CC(C)N3CCO[C@@H](COC)C3)O[C@H](COC)C2)O1. The van der Waals surface area contributed by atoms with Crippen LogP contribution >= 0.6 is 0 Å². The summed E-state index contributed by atoms with van der Waals surface area (Å²) in [5.41, 5.74) is 0. The highest BCUT2D eigenvalue weighted by Gasteiger charge is 2.36. The van der Waals surface area contributed by atoms with Crippen LogP contribution in [0.2, 0.25) is 0 Å². The van der Waals surface area contributed by atoms with E-state index in [2.05, 4.69) is 42.4 Å². The normalized spacial score (nSPS) is 33.2. The summed E-state index contributed by atoms with van der Waals surface area (Å²) in [6.07, 6.45) is 2.78. The molecule has 0 aliphatic carbocycles. The Bertz CT molecular complexity index is 612. The first-order chi connectivity index (χ1) is 17.3. The topological polar surface area (TPSA) is 65.1 Å². The quantitative estimate of drug-likeness (QED) is 0.365. The molecule has 3 heterocycles. The summed E-state index contributed by atoms with van der Waals surface area (Å²) >= 11 is 0. The fourth-order valence-electron chi connectivity index (χ4n) is 6.00. The number of methoxy groups -OCH3 is 3. The summed E-state index contributed by atoms with van der Waals surface area (Å²) in [7, 11) is 5.26. The Hall–Kier alpha value is -0.360. The average Bonchev–Trinajstić information content (AvgIpc) is 2.84. The summed E-state index contributed by atoms with van der Waals surface area (Å²) in [6, 6.07) is 1.34. The molecule has 3 aliphatic heterocycles. The van der Waals surface area contributed by atoms with Gasteiger partial charge < -0.3 is 28.4 Å². The number of nitrogens with zero attached hydrogens (tertiary/aromatic N) is 3. The van der Waals surface area contributed by atoms with Crippen LogP contribution in [0.3, 0.4) is 0 Å². The van der Waals surface area contributed by atoms with Gasteiger partial charge in [-0.1, -0.05) is 0 Å². The molecule has 0 aromatic carbocycles. The zero-order valence-electron chi connectivity index (χ0n) is 23.9. The molecule has 3 fully saturated rings. The predicted molar refractivity (Wildman–Crippen MR) is 141 cm³/mol. The zero-order chi connectivity index (χ0) is 26.1. The molecule has 0 spiro atoms. The lowest BCUT2D eigenvalue weighted by molar-refractivity contribution is -0.142. The van der Waals surface area contributed by atoms with Crippen LogP contribution in [0.15, 0.2) is 0 Å². The van der Waals surface area contributed by atoms with Crippen molar-refractivity contribution in [1.29, 1.82) is 0 Å². The minimum atomic E-state index is 0.0926. The van der Waals surface area contributed by atoms with Crippen molar-refractivity contribution >= 4 is 0 Å². The number of morpholine rings is 3. The van der Waals surface area contributed by atoms with Crippen LogP contribution in [0.1, 0.15) is 40.5 Å². The van der Waals surface area contributed by atoms with E-state index in [0.717, 1.165) is 58.7 Å². The molecule has 9 nitrogen and oxygen atoms in total. The van der Waals surface area contributed by atoms with Gasteiger partial charge in [-0.05, 0) is 40.5 Å². The lowest BCUT2D eigenvalue weighted by Crippen LogP contribution is -2.56. The Morgan fingerprint density at radius 2 is 1.06 bits per heavy atom. The minimum Gasteiger partial charge on any atom is -0.382 e. The average molecular weight is 516 g/mol. The molecule has 0 N–H and O–H groups in total. The molecule has 5 unspecified atom stereocenters. The highest BCUT2D eigenvalue weighted by atomic mass is 16.5. The number of hydrogen-bond donors (Lipinski definition) is 0. The van der Waals surface area contributed by atoms with Gasteiger partial charge in [0.2, 0.25) is 0 Å². The summed E-state index contributed by atoms with van der Waals surface area (Å²) in [5.74, 6) is 0. The molecule has 0 aromatic rings. The monoisotopic (exact) mass is 515 g/mol. The molecule has 3 saturated heterocycles. The van der Waals surface area contributed by atoms with Gasteiger partial charge in [0.1, 0.15) is 0 Å². The van der Waals surface area contributed by atoms with Gasteiger partial charge in [0.05, 0.1) is 56.9 Å². The van der Waals surface area contributed by atoms with Crippen LogP contribution in [0.25, 0.3) is 0 Å². The third kappa shape index (κ3) is 9.13. The van der Waals surface area contributed by atoms with E-state index in [1.807, 2.05) is 0 Å². The maximum atomic E-state index is 6.53. The van der Waals surface area contributed by atoms with Gasteiger partial charge in [0, 0.05) is 78.7 Å². The van der Waals surface area contributed by atoms with Crippen LogP contribution in [-0.4, -0.2) is 150 Å².